The van der Waals surface area contributed by atoms with Gasteiger partial charge in [0.2, 0.25) is 5.75 Å². The van der Waals surface area contributed by atoms with Gasteiger partial charge in [-0.05, 0) is 35.4 Å². The summed E-state index contributed by atoms with van der Waals surface area (Å²) in [5.74, 6) is 2.01. The van der Waals surface area contributed by atoms with E-state index in [0.717, 1.165) is 22.3 Å². The summed E-state index contributed by atoms with van der Waals surface area (Å²) in [7, 11) is 4.71. The van der Waals surface area contributed by atoms with E-state index in [9.17, 15) is 4.79 Å². The highest BCUT2D eigenvalue weighted by Gasteiger charge is 2.26. The van der Waals surface area contributed by atoms with Crippen LogP contribution in [0.3, 0.4) is 0 Å². The molecule has 0 unspecified atom stereocenters. The molecule has 4 rings (SSSR count). The SMILES string of the molecule is COc1cc(-c2cnc3c(c2)/C(=C/c2ccccc2)C(=O)N3)cc(OC)c1OC. The minimum Gasteiger partial charge on any atom is -0.493 e. The molecule has 0 radical (unpaired) electrons. The maximum atomic E-state index is 12.5. The van der Waals surface area contributed by atoms with Crippen molar-refractivity contribution in [3.05, 3.63) is 65.9 Å². The Hall–Kier alpha value is -3.80. The molecule has 6 nitrogen and oxygen atoms in total. The van der Waals surface area contributed by atoms with Crippen molar-refractivity contribution in [1.82, 2.24) is 4.98 Å². The van der Waals surface area contributed by atoms with E-state index in [4.69, 9.17) is 14.2 Å². The van der Waals surface area contributed by atoms with Gasteiger partial charge in [0.25, 0.3) is 5.91 Å². The van der Waals surface area contributed by atoms with E-state index in [-0.39, 0.29) is 5.91 Å². The first-order valence-electron chi connectivity index (χ1n) is 9.03. The van der Waals surface area contributed by atoms with E-state index in [1.807, 2.05) is 54.6 Å². The second kappa shape index (κ2) is 7.67. The normalized spacial score (nSPS) is 13.8. The van der Waals surface area contributed by atoms with Crippen LogP contribution in [0.2, 0.25) is 0 Å². The Morgan fingerprint density at radius 3 is 2.21 bits per heavy atom. The van der Waals surface area contributed by atoms with Crippen molar-refractivity contribution in [2.24, 2.45) is 0 Å². The van der Waals surface area contributed by atoms with Crippen LogP contribution in [-0.4, -0.2) is 32.2 Å². The summed E-state index contributed by atoms with van der Waals surface area (Å²) in [5, 5.41) is 2.82. The van der Waals surface area contributed by atoms with Crippen molar-refractivity contribution in [1.29, 1.82) is 0 Å². The van der Waals surface area contributed by atoms with E-state index < -0.39 is 0 Å². The summed E-state index contributed by atoms with van der Waals surface area (Å²) in [4.78, 5) is 16.9. The fraction of sp³-hybridized carbons (Fsp3) is 0.130. The highest BCUT2D eigenvalue weighted by atomic mass is 16.5. The third kappa shape index (κ3) is 3.40. The average molecular weight is 388 g/mol. The van der Waals surface area contributed by atoms with Crippen LogP contribution < -0.4 is 19.5 Å². The number of carbonyl (C=O) groups is 1. The quantitative estimate of drug-likeness (QED) is 0.661. The van der Waals surface area contributed by atoms with Gasteiger partial charge in [0, 0.05) is 17.3 Å². The molecule has 0 bridgehead atoms. The van der Waals surface area contributed by atoms with Crippen molar-refractivity contribution in [2.75, 3.05) is 26.6 Å². The Labute approximate surface area is 168 Å². The van der Waals surface area contributed by atoms with Crippen molar-refractivity contribution in [3.63, 3.8) is 0 Å². The molecule has 2 aromatic carbocycles. The Bertz CT molecular complexity index is 1080. The molecule has 3 aromatic rings. The maximum absolute atomic E-state index is 12.5. The van der Waals surface area contributed by atoms with E-state index in [1.54, 1.807) is 27.5 Å². The minimum atomic E-state index is -0.168. The van der Waals surface area contributed by atoms with Crippen LogP contribution in [0, 0.1) is 0 Å². The van der Waals surface area contributed by atoms with E-state index in [0.29, 0.717) is 28.6 Å². The third-order valence-electron chi connectivity index (χ3n) is 4.76. The summed E-state index contributed by atoms with van der Waals surface area (Å²) in [5.41, 5.74) is 3.95. The zero-order valence-corrected chi connectivity index (χ0v) is 16.4. The van der Waals surface area contributed by atoms with Crippen LogP contribution in [0.15, 0.2) is 54.7 Å². The zero-order valence-electron chi connectivity index (χ0n) is 16.4. The largest absolute Gasteiger partial charge is 0.493 e. The number of carbonyl (C=O) groups excluding carboxylic acids is 1. The number of amides is 1. The summed E-state index contributed by atoms with van der Waals surface area (Å²) in [6.45, 7) is 0. The van der Waals surface area contributed by atoms with Crippen molar-refractivity contribution in [3.8, 4) is 28.4 Å². The average Bonchev–Trinajstić information content (AvgIpc) is 3.07. The molecule has 1 aromatic heterocycles. The number of pyridine rings is 1. The van der Waals surface area contributed by atoms with Crippen LogP contribution >= 0.6 is 0 Å². The second-order valence-electron chi connectivity index (χ2n) is 6.46. The predicted molar refractivity (Wildman–Crippen MR) is 112 cm³/mol. The number of anilines is 1. The molecule has 1 aliphatic rings. The minimum absolute atomic E-state index is 0.168. The van der Waals surface area contributed by atoms with Crippen molar-refractivity contribution in [2.45, 2.75) is 0 Å². The molecule has 0 spiro atoms. The molecule has 0 atom stereocenters. The maximum Gasteiger partial charge on any atom is 0.257 e. The van der Waals surface area contributed by atoms with E-state index in [1.165, 1.54) is 0 Å². The molecule has 2 heterocycles. The summed E-state index contributed by atoms with van der Waals surface area (Å²) >= 11 is 0. The summed E-state index contributed by atoms with van der Waals surface area (Å²) in [6, 6.07) is 15.4. The van der Waals surface area contributed by atoms with Gasteiger partial charge in [0.05, 0.1) is 26.9 Å². The van der Waals surface area contributed by atoms with Crippen molar-refractivity contribution >= 4 is 23.4 Å². The van der Waals surface area contributed by atoms with Gasteiger partial charge >= 0.3 is 0 Å². The van der Waals surface area contributed by atoms with Crippen molar-refractivity contribution < 1.29 is 19.0 Å². The number of nitrogens with one attached hydrogen (secondary N) is 1. The monoisotopic (exact) mass is 388 g/mol. The Kier molecular flexibility index (Phi) is 4.91. The lowest BCUT2D eigenvalue weighted by molar-refractivity contribution is -0.110. The van der Waals surface area contributed by atoms with Gasteiger partial charge in [0.1, 0.15) is 5.82 Å². The molecule has 6 heteroatoms. The number of nitrogens with zero attached hydrogens (tertiary/aromatic N) is 1. The topological polar surface area (TPSA) is 69.7 Å². The van der Waals surface area contributed by atoms with Gasteiger partial charge in [-0.2, -0.15) is 0 Å². The van der Waals surface area contributed by atoms with Gasteiger partial charge in [-0.15, -0.1) is 0 Å². The molecule has 0 saturated carbocycles. The fourth-order valence-electron chi connectivity index (χ4n) is 3.33. The second-order valence-corrected chi connectivity index (χ2v) is 6.46. The number of hydrogen-bond donors (Lipinski definition) is 1. The van der Waals surface area contributed by atoms with Crippen LogP contribution in [0.25, 0.3) is 22.8 Å². The number of hydrogen-bond acceptors (Lipinski definition) is 5. The standard InChI is InChI=1S/C23H20N2O4/c1-27-19-11-15(12-20(28-2)21(19)29-3)16-10-17-18(9-14-7-5-4-6-8-14)23(26)25-22(17)24-13-16/h4-13H,1-3H3,(H,24,25,26)/b18-9-. The lowest BCUT2D eigenvalue weighted by Gasteiger charge is -2.14. The van der Waals surface area contributed by atoms with Gasteiger partial charge < -0.3 is 19.5 Å². The summed E-state index contributed by atoms with van der Waals surface area (Å²) in [6.07, 6.45) is 3.58. The molecule has 0 aliphatic carbocycles. The highest BCUT2D eigenvalue weighted by molar-refractivity contribution is 6.34. The number of ether oxygens (including phenoxy) is 3. The number of fused-ring (bicyclic) bond motifs is 1. The number of methoxy groups -OCH3 is 3. The Morgan fingerprint density at radius 2 is 1.59 bits per heavy atom. The third-order valence-corrected chi connectivity index (χ3v) is 4.76. The Balaban J connectivity index is 1.82. The molecule has 1 N–H and O–H groups in total. The lowest BCUT2D eigenvalue weighted by atomic mass is 10.0. The first-order chi connectivity index (χ1) is 14.1. The summed E-state index contributed by atoms with van der Waals surface area (Å²) < 4.78 is 16.3. The molecular formula is C23H20N2O4. The Morgan fingerprint density at radius 1 is 0.897 bits per heavy atom. The molecule has 29 heavy (non-hydrogen) atoms. The number of rotatable bonds is 5. The smallest absolute Gasteiger partial charge is 0.257 e. The fourth-order valence-corrected chi connectivity index (χ4v) is 3.33. The number of aromatic nitrogens is 1. The molecule has 0 saturated heterocycles. The molecular weight excluding hydrogens is 368 g/mol. The van der Waals surface area contributed by atoms with Crippen LogP contribution in [0.4, 0.5) is 5.82 Å². The molecule has 0 fully saturated rings. The van der Waals surface area contributed by atoms with Gasteiger partial charge in [-0.3, -0.25) is 4.79 Å². The van der Waals surface area contributed by atoms with Gasteiger partial charge in [-0.25, -0.2) is 4.98 Å². The first-order valence-corrected chi connectivity index (χ1v) is 9.03. The molecule has 146 valence electrons. The predicted octanol–water partition coefficient (Wildman–Crippen LogP) is 4.27. The van der Waals surface area contributed by atoms with Crippen LogP contribution in [-0.2, 0) is 4.79 Å². The molecule has 1 aliphatic heterocycles. The van der Waals surface area contributed by atoms with Crippen LogP contribution in [0.5, 0.6) is 17.2 Å². The van der Waals surface area contributed by atoms with Gasteiger partial charge in [0.15, 0.2) is 11.5 Å². The lowest BCUT2D eigenvalue weighted by Crippen LogP contribution is -2.04. The van der Waals surface area contributed by atoms with Crippen LogP contribution in [0.1, 0.15) is 11.1 Å². The molecule has 1 amide bonds. The highest BCUT2D eigenvalue weighted by Crippen LogP contribution is 2.42. The van der Waals surface area contributed by atoms with E-state index in [2.05, 4.69) is 10.3 Å². The first kappa shape index (κ1) is 18.6. The van der Waals surface area contributed by atoms with E-state index >= 15 is 0 Å². The zero-order chi connectivity index (χ0) is 20.4. The number of benzene rings is 2. The van der Waals surface area contributed by atoms with Gasteiger partial charge in [-0.1, -0.05) is 30.3 Å².